The smallest absolute Gasteiger partial charge is 0.264 e. The normalized spacial score (nSPS) is 15.5. The number of aliphatic hydroxyl groups is 1. The summed E-state index contributed by atoms with van der Waals surface area (Å²) < 4.78 is 21.7. The molecule has 1 radical (unpaired) electrons. The topological polar surface area (TPSA) is 20.2 Å². The van der Waals surface area contributed by atoms with Gasteiger partial charge in [0.15, 0.2) is 0 Å². The quantitative estimate of drug-likeness (QED) is 0.501. The summed E-state index contributed by atoms with van der Waals surface area (Å²) in [7, 11) is 0. The van der Waals surface area contributed by atoms with Crippen LogP contribution in [0.1, 0.15) is 0 Å². The number of halogens is 2. The van der Waals surface area contributed by atoms with Crippen LogP contribution in [0, 0.1) is 6.92 Å². The van der Waals surface area contributed by atoms with Gasteiger partial charge in [0.2, 0.25) is 0 Å². The van der Waals surface area contributed by atoms with Crippen LogP contribution in [0.2, 0.25) is 0 Å². The molecule has 0 saturated heterocycles. The van der Waals surface area contributed by atoms with Crippen LogP contribution < -0.4 is 0 Å². The van der Waals surface area contributed by atoms with E-state index in [0.717, 1.165) is 0 Å². The van der Waals surface area contributed by atoms with E-state index in [1.165, 1.54) is 0 Å². The Morgan fingerprint density at radius 1 is 1.50 bits per heavy atom. The first-order valence-electron chi connectivity index (χ1n) is 1.44. The molecule has 0 amide bonds. The lowest BCUT2D eigenvalue weighted by Gasteiger charge is -1.96. The molecule has 0 bridgehead atoms. The summed E-state index contributed by atoms with van der Waals surface area (Å²) in [5.74, 6) is 0. The molecule has 1 atom stereocenters. The molecule has 0 aromatic rings. The fourth-order valence-corrected chi connectivity index (χ4v) is 0. The predicted molar refractivity (Wildman–Crippen MR) is 17.4 cm³/mol. The van der Waals surface area contributed by atoms with E-state index in [9.17, 15) is 8.78 Å². The number of alkyl halides is 2. The Morgan fingerprint density at radius 2 is 1.67 bits per heavy atom. The molecule has 1 unspecified atom stereocenters. The Hall–Kier alpha value is -0.180. The van der Waals surface area contributed by atoms with Gasteiger partial charge in [0.25, 0.3) is 6.43 Å². The third kappa shape index (κ3) is 2.08. The highest BCUT2D eigenvalue weighted by molar-refractivity contribution is 4.56. The van der Waals surface area contributed by atoms with Crippen molar-refractivity contribution in [3.63, 3.8) is 0 Å². The molecule has 3 heteroatoms. The van der Waals surface area contributed by atoms with Crippen LogP contribution in [-0.4, -0.2) is 17.6 Å². The molecule has 0 aromatic carbocycles. The summed E-state index contributed by atoms with van der Waals surface area (Å²) in [5.41, 5.74) is 0. The van der Waals surface area contributed by atoms with Crippen LogP contribution in [0.25, 0.3) is 0 Å². The lowest BCUT2D eigenvalue weighted by Crippen LogP contribution is -2.11. The Kier molecular flexibility index (Phi) is 2.01. The third-order valence-electron chi connectivity index (χ3n) is 0.291. The molecule has 1 nitrogen and oxygen atoms in total. The summed E-state index contributed by atoms with van der Waals surface area (Å²) in [6, 6.07) is 0. The summed E-state index contributed by atoms with van der Waals surface area (Å²) in [6.45, 7) is 2.64. The molecule has 0 rings (SSSR count). The Bertz CT molecular complexity index is 29.8. The molecule has 0 aromatic heterocycles. The van der Waals surface area contributed by atoms with Gasteiger partial charge < -0.3 is 5.11 Å². The Morgan fingerprint density at radius 3 is 1.67 bits per heavy atom. The van der Waals surface area contributed by atoms with Gasteiger partial charge in [0.05, 0.1) is 0 Å². The molecule has 6 heavy (non-hydrogen) atoms. The molecule has 0 heterocycles. The third-order valence-corrected chi connectivity index (χ3v) is 0.291. The van der Waals surface area contributed by atoms with Gasteiger partial charge in [0, 0.05) is 0 Å². The van der Waals surface area contributed by atoms with Crippen molar-refractivity contribution < 1.29 is 13.9 Å². The van der Waals surface area contributed by atoms with Crippen molar-refractivity contribution in [3.8, 4) is 0 Å². The lowest BCUT2D eigenvalue weighted by molar-refractivity contribution is 0.0224. The average molecular weight is 95.1 g/mol. The van der Waals surface area contributed by atoms with Gasteiger partial charge in [-0.25, -0.2) is 8.78 Å². The molecule has 1 N–H and O–H groups in total. The maximum absolute atomic E-state index is 10.8. The van der Waals surface area contributed by atoms with Crippen molar-refractivity contribution in [2.24, 2.45) is 0 Å². The van der Waals surface area contributed by atoms with E-state index >= 15 is 0 Å². The number of hydrogen-bond donors (Lipinski definition) is 1. The van der Waals surface area contributed by atoms with Crippen molar-refractivity contribution in [3.05, 3.63) is 6.92 Å². The van der Waals surface area contributed by atoms with Crippen LogP contribution in [0.5, 0.6) is 0 Å². The van der Waals surface area contributed by atoms with E-state index in [2.05, 4.69) is 6.92 Å². The van der Waals surface area contributed by atoms with Crippen LogP contribution in [0.4, 0.5) is 8.78 Å². The monoisotopic (exact) mass is 95.0 g/mol. The molecule has 0 spiro atoms. The standard InChI is InChI=1S/C3H5F2O/c1-2(6)3(4)5/h2-3,6H,1H2. The second-order valence-corrected chi connectivity index (χ2v) is 0.902. The van der Waals surface area contributed by atoms with E-state index in [1.54, 1.807) is 0 Å². The largest absolute Gasteiger partial charge is 0.387 e. The van der Waals surface area contributed by atoms with Crippen LogP contribution >= 0.6 is 0 Å². The van der Waals surface area contributed by atoms with Gasteiger partial charge in [-0.2, -0.15) is 0 Å². The molecular formula is C3H5F2O. The highest BCUT2D eigenvalue weighted by atomic mass is 19.3. The van der Waals surface area contributed by atoms with Crippen LogP contribution in [-0.2, 0) is 0 Å². The number of rotatable bonds is 1. The second kappa shape index (κ2) is 2.08. The fourth-order valence-electron chi connectivity index (χ4n) is 0. The molecule has 0 aliphatic heterocycles. The first-order chi connectivity index (χ1) is 2.64. The highest BCUT2D eigenvalue weighted by Crippen LogP contribution is 1.95. The van der Waals surface area contributed by atoms with Gasteiger partial charge in [0.1, 0.15) is 6.10 Å². The summed E-state index contributed by atoms with van der Waals surface area (Å²) in [5, 5.41) is 7.77. The molecular weight excluding hydrogens is 90.0 g/mol. The first kappa shape index (κ1) is 5.82. The molecule has 0 saturated carbocycles. The maximum atomic E-state index is 10.8. The summed E-state index contributed by atoms with van der Waals surface area (Å²) in [4.78, 5) is 0. The Balaban J connectivity index is 2.99. The minimum Gasteiger partial charge on any atom is -0.387 e. The molecule has 37 valence electrons. The van der Waals surface area contributed by atoms with Gasteiger partial charge in [-0.1, -0.05) is 0 Å². The van der Waals surface area contributed by atoms with E-state index < -0.39 is 12.5 Å². The molecule has 0 aliphatic carbocycles. The van der Waals surface area contributed by atoms with Crippen molar-refractivity contribution >= 4 is 0 Å². The first-order valence-corrected chi connectivity index (χ1v) is 1.44. The lowest BCUT2D eigenvalue weighted by atomic mass is 10.4. The SMILES string of the molecule is [CH2]C(O)C(F)F. The van der Waals surface area contributed by atoms with Crippen molar-refractivity contribution in [2.45, 2.75) is 12.5 Å². The van der Waals surface area contributed by atoms with E-state index in [0.29, 0.717) is 0 Å². The van der Waals surface area contributed by atoms with Crippen LogP contribution in [0.3, 0.4) is 0 Å². The number of hydrogen-bond acceptors (Lipinski definition) is 1. The summed E-state index contributed by atoms with van der Waals surface area (Å²) in [6.07, 6.45) is -4.44. The minimum atomic E-state index is -2.70. The van der Waals surface area contributed by atoms with Gasteiger partial charge in [-0.3, -0.25) is 0 Å². The van der Waals surface area contributed by atoms with Gasteiger partial charge in [-0.05, 0) is 6.92 Å². The second-order valence-electron chi connectivity index (χ2n) is 0.902. The van der Waals surface area contributed by atoms with Crippen molar-refractivity contribution in [2.75, 3.05) is 0 Å². The van der Waals surface area contributed by atoms with E-state index in [1.807, 2.05) is 0 Å². The van der Waals surface area contributed by atoms with E-state index in [-0.39, 0.29) is 0 Å². The highest BCUT2D eigenvalue weighted by Gasteiger charge is 2.07. The molecule has 0 aliphatic rings. The van der Waals surface area contributed by atoms with Gasteiger partial charge in [-0.15, -0.1) is 0 Å². The fraction of sp³-hybridized carbons (Fsp3) is 0.667. The zero-order valence-corrected chi connectivity index (χ0v) is 3.06. The van der Waals surface area contributed by atoms with Gasteiger partial charge >= 0.3 is 0 Å². The number of aliphatic hydroxyl groups excluding tert-OH is 1. The zero-order valence-electron chi connectivity index (χ0n) is 3.06. The summed E-state index contributed by atoms with van der Waals surface area (Å²) >= 11 is 0. The van der Waals surface area contributed by atoms with Crippen molar-refractivity contribution in [1.29, 1.82) is 0 Å². The Labute approximate surface area is 34.6 Å². The van der Waals surface area contributed by atoms with E-state index in [4.69, 9.17) is 5.11 Å². The molecule has 0 fully saturated rings. The average Bonchev–Trinajstić information content (AvgIpc) is 1.36. The predicted octanol–water partition coefficient (Wildman–Crippen LogP) is 0.446. The maximum Gasteiger partial charge on any atom is 0.264 e. The van der Waals surface area contributed by atoms with Crippen molar-refractivity contribution in [1.82, 2.24) is 0 Å². The zero-order chi connectivity index (χ0) is 5.15. The van der Waals surface area contributed by atoms with Crippen LogP contribution in [0.15, 0.2) is 0 Å². The minimum absolute atomic E-state index is 1.73.